The first-order valence-corrected chi connectivity index (χ1v) is 7.44. The molecule has 2 rings (SSSR count). The van der Waals surface area contributed by atoms with Crippen molar-refractivity contribution < 1.29 is 24.1 Å². The Bertz CT molecular complexity index is 785. The lowest BCUT2D eigenvalue weighted by atomic mass is 10.1. The van der Waals surface area contributed by atoms with Gasteiger partial charge in [0.2, 0.25) is 0 Å². The van der Waals surface area contributed by atoms with Gasteiger partial charge in [0, 0.05) is 17.7 Å². The predicted molar refractivity (Wildman–Crippen MR) is 93.9 cm³/mol. The van der Waals surface area contributed by atoms with Gasteiger partial charge in [-0.25, -0.2) is 5.43 Å². The third-order valence-corrected chi connectivity index (χ3v) is 3.55. The second-order valence-electron chi connectivity index (χ2n) is 5.09. The third-order valence-electron chi connectivity index (χ3n) is 3.55. The molecule has 0 saturated carbocycles. The summed E-state index contributed by atoms with van der Waals surface area (Å²) in [7, 11) is 4.52. The van der Waals surface area contributed by atoms with E-state index in [4.69, 9.17) is 14.2 Å². The molecule has 0 unspecified atom stereocenters. The van der Waals surface area contributed by atoms with Crippen LogP contribution in [0.25, 0.3) is 0 Å². The summed E-state index contributed by atoms with van der Waals surface area (Å²) in [5.74, 6) is 1.05. The molecule has 0 heterocycles. The molecule has 0 aliphatic heterocycles. The molecule has 0 spiro atoms. The summed E-state index contributed by atoms with van der Waals surface area (Å²) >= 11 is 0. The van der Waals surface area contributed by atoms with Crippen LogP contribution >= 0.6 is 0 Å². The van der Waals surface area contributed by atoms with Crippen molar-refractivity contribution in [2.45, 2.75) is 6.92 Å². The van der Waals surface area contributed by atoms with E-state index >= 15 is 0 Å². The van der Waals surface area contributed by atoms with Crippen molar-refractivity contribution in [3.05, 3.63) is 47.5 Å². The molecule has 0 aliphatic carbocycles. The molecule has 1 amide bonds. The smallest absolute Gasteiger partial charge is 0.271 e. The van der Waals surface area contributed by atoms with Crippen LogP contribution in [0.15, 0.2) is 41.5 Å². The zero-order valence-electron chi connectivity index (χ0n) is 14.5. The van der Waals surface area contributed by atoms with E-state index in [0.29, 0.717) is 34.1 Å². The van der Waals surface area contributed by atoms with Crippen LogP contribution in [0.2, 0.25) is 0 Å². The number of ether oxygens (including phenoxy) is 3. The van der Waals surface area contributed by atoms with E-state index < -0.39 is 0 Å². The molecule has 132 valence electrons. The predicted octanol–water partition coefficient (Wildman–Crippen LogP) is 2.57. The Morgan fingerprint density at radius 3 is 2.20 bits per heavy atom. The Morgan fingerprint density at radius 2 is 1.64 bits per heavy atom. The molecule has 0 fully saturated rings. The van der Waals surface area contributed by atoms with Crippen LogP contribution in [0.5, 0.6) is 23.0 Å². The summed E-state index contributed by atoms with van der Waals surface area (Å²) < 4.78 is 15.4. The Balaban J connectivity index is 2.22. The normalized spacial score (nSPS) is 11.0. The van der Waals surface area contributed by atoms with Crippen molar-refractivity contribution in [2.75, 3.05) is 21.3 Å². The van der Waals surface area contributed by atoms with E-state index in [1.165, 1.54) is 20.3 Å². The minimum Gasteiger partial charge on any atom is -0.507 e. The summed E-state index contributed by atoms with van der Waals surface area (Å²) in [5.41, 5.74) is 3.65. The lowest BCUT2D eigenvalue weighted by Gasteiger charge is -2.12. The zero-order valence-corrected chi connectivity index (χ0v) is 14.5. The first-order valence-electron chi connectivity index (χ1n) is 7.44. The fourth-order valence-electron chi connectivity index (χ4n) is 2.22. The average Bonchev–Trinajstić information content (AvgIpc) is 2.64. The Morgan fingerprint density at radius 1 is 1.00 bits per heavy atom. The van der Waals surface area contributed by atoms with Crippen molar-refractivity contribution in [3.63, 3.8) is 0 Å². The number of hydrogen-bond donors (Lipinski definition) is 2. The monoisotopic (exact) mass is 344 g/mol. The van der Waals surface area contributed by atoms with Gasteiger partial charge in [0.25, 0.3) is 5.91 Å². The summed E-state index contributed by atoms with van der Waals surface area (Å²) in [6, 6.07) is 9.70. The lowest BCUT2D eigenvalue weighted by molar-refractivity contribution is 0.0954. The van der Waals surface area contributed by atoms with Crippen molar-refractivity contribution >= 4 is 11.6 Å². The van der Waals surface area contributed by atoms with Crippen LogP contribution in [-0.2, 0) is 0 Å². The lowest BCUT2D eigenvalue weighted by Crippen LogP contribution is -2.19. The molecule has 0 atom stereocenters. The largest absolute Gasteiger partial charge is 0.507 e. The van der Waals surface area contributed by atoms with E-state index in [2.05, 4.69) is 10.5 Å². The van der Waals surface area contributed by atoms with E-state index in [1.54, 1.807) is 44.4 Å². The highest BCUT2D eigenvalue weighted by atomic mass is 16.5. The van der Waals surface area contributed by atoms with E-state index in [9.17, 15) is 9.90 Å². The van der Waals surface area contributed by atoms with Crippen LogP contribution in [0.4, 0.5) is 0 Å². The molecule has 7 heteroatoms. The molecule has 0 bridgehead atoms. The molecule has 0 radical (unpaired) electrons. The van der Waals surface area contributed by atoms with Gasteiger partial charge < -0.3 is 19.3 Å². The fraction of sp³-hybridized carbons (Fsp3) is 0.222. The number of carbonyl (C=O) groups excluding carboxylic acids is 1. The minimum absolute atomic E-state index is 0.0591. The van der Waals surface area contributed by atoms with Crippen LogP contribution in [0, 0.1) is 0 Å². The first-order chi connectivity index (χ1) is 12.0. The molecule has 7 nitrogen and oxygen atoms in total. The second-order valence-corrected chi connectivity index (χ2v) is 5.09. The van der Waals surface area contributed by atoms with Gasteiger partial charge in [0.15, 0.2) is 0 Å². The zero-order chi connectivity index (χ0) is 18.4. The topological polar surface area (TPSA) is 89.4 Å². The summed E-state index contributed by atoms with van der Waals surface area (Å²) in [6.45, 7) is 1.65. The maximum absolute atomic E-state index is 12.1. The number of benzene rings is 2. The van der Waals surface area contributed by atoms with Crippen LogP contribution in [0.1, 0.15) is 22.8 Å². The third kappa shape index (κ3) is 4.20. The van der Waals surface area contributed by atoms with Crippen molar-refractivity contribution in [3.8, 4) is 23.0 Å². The molecule has 0 saturated heterocycles. The molecule has 0 aliphatic rings. The number of carbonyl (C=O) groups is 1. The van der Waals surface area contributed by atoms with Gasteiger partial charge in [0.1, 0.15) is 23.0 Å². The molecule has 2 N–H and O–H groups in total. The highest BCUT2D eigenvalue weighted by Gasteiger charge is 2.15. The number of phenols is 1. The summed E-state index contributed by atoms with van der Waals surface area (Å²) in [4.78, 5) is 12.1. The minimum atomic E-state index is -0.381. The molecule has 2 aromatic carbocycles. The molecule has 0 aromatic heterocycles. The van der Waals surface area contributed by atoms with Gasteiger partial charge in [-0.3, -0.25) is 4.79 Å². The Labute approximate surface area is 145 Å². The number of hydrazone groups is 1. The van der Waals surface area contributed by atoms with Crippen molar-refractivity contribution in [1.82, 2.24) is 5.43 Å². The van der Waals surface area contributed by atoms with E-state index in [1.807, 2.05) is 0 Å². The maximum Gasteiger partial charge on any atom is 0.271 e. The quantitative estimate of drug-likeness (QED) is 0.621. The van der Waals surface area contributed by atoms with Gasteiger partial charge in [-0.1, -0.05) is 0 Å². The second kappa shape index (κ2) is 8.05. The number of nitrogens with one attached hydrogen (secondary N) is 1. The number of aromatic hydroxyl groups is 1. The van der Waals surface area contributed by atoms with Crippen molar-refractivity contribution in [1.29, 1.82) is 0 Å². The summed E-state index contributed by atoms with van der Waals surface area (Å²) in [6.07, 6.45) is 0. The maximum atomic E-state index is 12.1. The fourth-order valence-corrected chi connectivity index (χ4v) is 2.22. The highest BCUT2D eigenvalue weighted by Crippen LogP contribution is 2.33. The first kappa shape index (κ1) is 18.1. The number of phenolic OH excluding ortho intramolecular Hbond substituents is 1. The van der Waals surface area contributed by atoms with Gasteiger partial charge in [-0.05, 0) is 31.2 Å². The number of hydrogen-bond acceptors (Lipinski definition) is 6. The van der Waals surface area contributed by atoms with Gasteiger partial charge >= 0.3 is 0 Å². The number of methoxy groups -OCH3 is 3. The number of rotatable bonds is 6. The Hall–Kier alpha value is -3.22. The average molecular weight is 344 g/mol. The number of nitrogens with zero attached hydrogens (tertiary/aromatic N) is 1. The SMILES string of the molecule is COc1ccc(C(=O)N/N=C(\C)c2c(O)cc(OC)cc2OC)cc1. The molecular formula is C18H20N2O5. The van der Waals surface area contributed by atoms with Gasteiger partial charge in [-0.15, -0.1) is 0 Å². The molecule has 25 heavy (non-hydrogen) atoms. The highest BCUT2D eigenvalue weighted by molar-refractivity contribution is 6.05. The van der Waals surface area contributed by atoms with E-state index in [0.717, 1.165) is 0 Å². The standard InChI is InChI=1S/C18H20N2O5/c1-11(17-15(21)9-14(24-3)10-16(17)25-4)19-20-18(22)12-5-7-13(23-2)8-6-12/h5-10,21H,1-4H3,(H,20,22)/b19-11+. The van der Waals surface area contributed by atoms with E-state index in [-0.39, 0.29) is 11.7 Å². The molecule has 2 aromatic rings. The van der Waals surface area contributed by atoms with Gasteiger partial charge in [0.05, 0.1) is 32.6 Å². The summed E-state index contributed by atoms with van der Waals surface area (Å²) in [5, 5.41) is 14.2. The Kier molecular flexibility index (Phi) is 5.84. The molecular weight excluding hydrogens is 324 g/mol. The van der Waals surface area contributed by atoms with Crippen LogP contribution < -0.4 is 19.6 Å². The van der Waals surface area contributed by atoms with Gasteiger partial charge in [-0.2, -0.15) is 5.10 Å². The van der Waals surface area contributed by atoms with Crippen LogP contribution in [-0.4, -0.2) is 38.1 Å². The van der Waals surface area contributed by atoms with Crippen molar-refractivity contribution in [2.24, 2.45) is 5.10 Å². The number of amides is 1. The van der Waals surface area contributed by atoms with Crippen LogP contribution in [0.3, 0.4) is 0 Å².